The van der Waals surface area contributed by atoms with Crippen molar-refractivity contribution >= 4 is 11.6 Å². The maximum atomic E-state index is 12.9. The summed E-state index contributed by atoms with van der Waals surface area (Å²) >= 11 is 0. The van der Waals surface area contributed by atoms with E-state index in [2.05, 4.69) is 6.92 Å². The molecular formula is C30H51BrN2O2. The van der Waals surface area contributed by atoms with Crippen molar-refractivity contribution in [2.75, 3.05) is 32.8 Å². The van der Waals surface area contributed by atoms with Gasteiger partial charge >= 0.3 is 0 Å². The Hall–Kier alpha value is -1.04. The predicted molar refractivity (Wildman–Crippen MR) is 145 cm³/mol. The van der Waals surface area contributed by atoms with Gasteiger partial charge in [0.15, 0.2) is 5.84 Å². The second kappa shape index (κ2) is 20.1. The van der Waals surface area contributed by atoms with E-state index in [4.69, 9.17) is 4.99 Å². The molecule has 1 aromatic rings. The van der Waals surface area contributed by atoms with E-state index >= 15 is 0 Å². The first-order valence-corrected chi connectivity index (χ1v) is 14.3. The van der Waals surface area contributed by atoms with Crippen LogP contribution in [0.4, 0.5) is 0 Å². The molecule has 1 aliphatic rings. The van der Waals surface area contributed by atoms with Gasteiger partial charge in [0.25, 0.3) is 0 Å². The average molecular weight is 552 g/mol. The SMILES string of the molecule is CCCCCCCCCCCCCCCCCC1=NCC[N+]1(CCO)CC(=O)c1ccccc1.[Br-]. The number of benzene rings is 1. The van der Waals surface area contributed by atoms with E-state index in [1.54, 1.807) is 0 Å². The molecule has 0 aliphatic carbocycles. The molecule has 0 aromatic heterocycles. The molecule has 1 aliphatic heterocycles. The van der Waals surface area contributed by atoms with Crippen LogP contribution in [0.3, 0.4) is 0 Å². The van der Waals surface area contributed by atoms with E-state index in [0.717, 1.165) is 37.3 Å². The van der Waals surface area contributed by atoms with Gasteiger partial charge in [-0.3, -0.25) is 9.28 Å². The standard InChI is InChI=1S/C30H51N2O2.BrH/c1-2-3-4-5-6-7-8-9-10-11-12-13-14-15-19-22-30-31-23-24-32(30,25-26-33)27-29(34)28-20-17-16-18-21-28;/h16-18,20-21,33H,2-15,19,22-27H2,1H3;1H/q+1;/p-1. The largest absolute Gasteiger partial charge is 1.00 e. The summed E-state index contributed by atoms with van der Waals surface area (Å²) < 4.78 is 0.558. The molecular weight excluding hydrogens is 500 g/mol. The van der Waals surface area contributed by atoms with Gasteiger partial charge in [0.1, 0.15) is 19.6 Å². The van der Waals surface area contributed by atoms with Crippen molar-refractivity contribution in [1.82, 2.24) is 0 Å². The number of aliphatic hydroxyl groups excluding tert-OH is 1. The zero-order valence-corrected chi connectivity index (χ0v) is 23.9. The number of carbonyl (C=O) groups excluding carboxylic acids is 1. The first kappa shape index (κ1) is 32.0. The highest BCUT2D eigenvalue weighted by molar-refractivity contribution is 5.98. The molecule has 0 saturated carbocycles. The number of rotatable bonds is 21. The molecule has 200 valence electrons. The molecule has 1 aromatic carbocycles. The Morgan fingerprint density at radius 2 is 1.34 bits per heavy atom. The molecule has 1 unspecified atom stereocenters. The molecule has 5 heteroatoms. The quantitative estimate of drug-likeness (QED) is 0.140. The van der Waals surface area contributed by atoms with E-state index in [1.807, 2.05) is 30.3 Å². The summed E-state index contributed by atoms with van der Waals surface area (Å²) in [4.78, 5) is 17.7. The summed E-state index contributed by atoms with van der Waals surface area (Å²) in [5.74, 6) is 1.29. The fourth-order valence-corrected chi connectivity index (χ4v) is 5.29. The zero-order valence-electron chi connectivity index (χ0n) is 22.4. The van der Waals surface area contributed by atoms with Crippen LogP contribution in [-0.4, -0.2) is 54.0 Å². The van der Waals surface area contributed by atoms with Gasteiger partial charge in [0, 0.05) is 12.0 Å². The third-order valence-corrected chi connectivity index (χ3v) is 7.44. The molecule has 0 radical (unpaired) electrons. The highest BCUT2D eigenvalue weighted by Crippen LogP contribution is 2.22. The minimum Gasteiger partial charge on any atom is -1.00 e. The number of hydrogen-bond donors (Lipinski definition) is 1. The maximum absolute atomic E-state index is 12.9. The lowest BCUT2D eigenvalue weighted by molar-refractivity contribution is -0.828. The molecule has 0 amide bonds. The van der Waals surface area contributed by atoms with E-state index < -0.39 is 0 Å². The molecule has 35 heavy (non-hydrogen) atoms. The maximum Gasteiger partial charge on any atom is 0.217 e. The number of carbonyl (C=O) groups is 1. The van der Waals surface area contributed by atoms with Crippen LogP contribution in [0.2, 0.25) is 0 Å². The molecule has 0 spiro atoms. The van der Waals surface area contributed by atoms with Crippen molar-refractivity contribution in [2.45, 2.75) is 110 Å². The van der Waals surface area contributed by atoms with Gasteiger partial charge in [-0.1, -0.05) is 127 Å². The van der Waals surface area contributed by atoms with Crippen LogP contribution in [-0.2, 0) is 0 Å². The molecule has 4 nitrogen and oxygen atoms in total. The lowest BCUT2D eigenvalue weighted by atomic mass is 10.0. The normalized spacial score (nSPS) is 17.3. The van der Waals surface area contributed by atoms with Crippen molar-refractivity contribution in [3.05, 3.63) is 35.9 Å². The number of ketones is 1. The van der Waals surface area contributed by atoms with Gasteiger partial charge in [-0.05, 0) is 6.42 Å². The van der Waals surface area contributed by atoms with Gasteiger partial charge in [-0.15, -0.1) is 0 Å². The predicted octanol–water partition coefficient (Wildman–Crippen LogP) is 4.36. The Bertz CT molecular complexity index is 695. The second-order valence-electron chi connectivity index (χ2n) is 10.3. The number of unbranched alkanes of at least 4 members (excludes halogenated alkanes) is 14. The van der Waals surface area contributed by atoms with Crippen molar-refractivity contribution in [3.63, 3.8) is 0 Å². The number of aliphatic hydroxyl groups is 1. The lowest BCUT2D eigenvalue weighted by Gasteiger charge is -2.33. The minimum absolute atomic E-state index is 0. The Morgan fingerprint density at radius 1 is 0.829 bits per heavy atom. The molecule has 1 N–H and O–H groups in total. The Labute approximate surface area is 226 Å². The van der Waals surface area contributed by atoms with E-state index in [1.165, 1.54) is 89.9 Å². The Morgan fingerprint density at radius 3 is 1.86 bits per heavy atom. The van der Waals surface area contributed by atoms with Crippen LogP contribution in [0, 0.1) is 0 Å². The highest BCUT2D eigenvalue weighted by Gasteiger charge is 2.39. The van der Waals surface area contributed by atoms with Crippen molar-refractivity contribution in [2.24, 2.45) is 4.99 Å². The summed E-state index contributed by atoms with van der Waals surface area (Å²) in [5.41, 5.74) is 0.760. The number of Topliss-reactive ketones (excluding diaryl/α,β-unsaturated/α-hetero) is 1. The second-order valence-corrected chi connectivity index (χ2v) is 10.3. The van der Waals surface area contributed by atoms with Crippen LogP contribution >= 0.6 is 0 Å². The Balaban J connectivity index is 0.00000612. The minimum atomic E-state index is 0. The van der Waals surface area contributed by atoms with Crippen LogP contribution in [0.1, 0.15) is 120 Å². The number of nitrogens with zero attached hydrogens (tertiary/aromatic N) is 2. The smallest absolute Gasteiger partial charge is 0.217 e. The van der Waals surface area contributed by atoms with Crippen LogP contribution in [0.5, 0.6) is 0 Å². The molecule has 0 fully saturated rings. The molecule has 0 saturated heterocycles. The van der Waals surface area contributed by atoms with Crippen LogP contribution in [0.25, 0.3) is 0 Å². The van der Waals surface area contributed by atoms with Crippen molar-refractivity contribution in [3.8, 4) is 0 Å². The number of hydrogen-bond acceptors (Lipinski definition) is 3. The molecule has 1 heterocycles. The van der Waals surface area contributed by atoms with Crippen LogP contribution < -0.4 is 17.0 Å². The Kier molecular flexibility index (Phi) is 18.3. The fraction of sp³-hybridized carbons (Fsp3) is 0.733. The first-order chi connectivity index (χ1) is 16.7. The van der Waals surface area contributed by atoms with E-state index in [0.29, 0.717) is 17.6 Å². The van der Waals surface area contributed by atoms with Gasteiger partial charge in [-0.2, -0.15) is 0 Å². The number of amidine groups is 1. The van der Waals surface area contributed by atoms with Crippen molar-refractivity contribution in [1.29, 1.82) is 0 Å². The highest BCUT2D eigenvalue weighted by atomic mass is 79.9. The lowest BCUT2D eigenvalue weighted by Crippen LogP contribution is -3.00. The number of halogens is 1. The van der Waals surface area contributed by atoms with Gasteiger partial charge in [0.05, 0.1) is 13.2 Å². The summed E-state index contributed by atoms with van der Waals surface area (Å²) in [6.45, 7) is 5.01. The van der Waals surface area contributed by atoms with Crippen LogP contribution in [0.15, 0.2) is 35.3 Å². The summed E-state index contributed by atoms with van der Waals surface area (Å²) in [6.07, 6.45) is 21.5. The topological polar surface area (TPSA) is 49.7 Å². The zero-order chi connectivity index (χ0) is 24.3. The van der Waals surface area contributed by atoms with Gasteiger partial charge in [0.2, 0.25) is 5.78 Å². The molecule has 1 atom stereocenters. The third kappa shape index (κ3) is 12.7. The van der Waals surface area contributed by atoms with Gasteiger partial charge in [-0.25, -0.2) is 4.99 Å². The molecule has 0 bridgehead atoms. The number of aliphatic imine (C=N–C) groups is 1. The summed E-state index contributed by atoms with van der Waals surface area (Å²) in [5, 5.41) is 9.72. The monoisotopic (exact) mass is 550 g/mol. The summed E-state index contributed by atoms with van der Waals surface area (Å²) in [7, 11) is 0. The number of quaternary nitrogens is 1. The van der Waals surface area contributed by atoms with Crippen molar-refractivity contribution < 1.29 is 31.4 Å². The molecule has 2 rings (SSSR count). The average Bonchev–Trinajstić information content (AvgIpc) is 3.24. The summed E-state index contributed by atoms with van der Waals surface area (Å²) in [6, 6.07) is 9.54. The van der Waals surface area contributed by atoms with E-state index in [-0.39, 0.29) is 29.4 Å². The third-order valence-electron chi connectivity index (χ3n) is 7.44. The fourth-order valence-electron chi connectivity index (χ4n) is 5.29. The first-order valence-electron chi connectivity index (χ1n) is 14.3. The van der Waals surface area contributed by atoms with E-state index in [9.17, 15) is 9.90 Å². The van der Waals surface area contributed by atoms with Gasteiger partial charge < -0.3 is 22.1 Å².